The van der Waals surface area contributed by atoms with Gasteiger partial charge < -0.3 is 9.47 Å². The molecule has 0 atom stereocenters. The van der Waals surface area contributed by atoms with Gasteiger partial charge in [-0.3, -0.25) is 9.59 Å². The van der Waals surface area contributed by atoms with Crippen molar-refractivity contribution in [1.29, 1.82) is 0 Å². The Kier molecular flexibility index (Phi) is 12.9. The SMILES string of the molecule is CCCCCCCCCCCOC(=O)CCC(=O)OCc1ccccc1C(F)(F)F. The van der Waals surface area contributed by atoms with E-state index in [9.17, 15) is 22.8 Å². The Bertz CT molecular complexity index is 629. The minimum atomic E-state index is -4.51. The maximum atomic E-state index is 12.9. The van der Waals surface area contributed by atoms with Gasteiger partial charge in [-0.1, -0.05) is 76.5 Å². The summed E-state index contributed by atoms with van der Waals surface area (Å²) in [6.45, 7) is 2.03. The molecule has 0 spiro atoms. The molecule has 0 bridgehead atoms. The summed E-state index contributed by atoms with van der Waals surface area (Å²) in [4.78, 5) is 23.4. The van der Waals surface area contributed by atoms with E-state index in [1.165, 1.54) is 56.7 Å². The molecular formula is C23H33F3O4. The van der Waals surface area contributed by atoms with Crippen LogP contribution in [0.15, 0.2) is 24.3 Å². The van der Waals surface area contributed by atoms with Crippen LogP contribution in [-0.4, -0.2) is 18.5 Å². The van der Waals surface area contributed by atoms with Crippen LogP contribution in [0.25, 0.3) is 0 Å². The molecule has 1 aromatic carbocycles. The predicted octanol–water partition coefficient (Wildman–Crippen LogP) is 6.60. The van der Waals surface area contributed by atoms with Crippen LogP contribution < -0.4 is 0 Å². The van der Waals surface area contributed by atoms with Crippen molar-refractivity contribution in [1.82, 2.24) is 0 Å². The average Bonchev–Trinajstić information content (AvgIpc) is 2.71. The van der Waals surface area contributed by atoms with Gasteiger partial charge in [-0.25, -0.2) is 0 Å². The molecule has 0 N–H and O–H groups in total. The first-order chi connectivity index (χ1) is 14.3. The van der Waals surface area contributed by atoms with Crippen molar-refractivity contribution < 1.29 is 32.2 Å². The van der Waals surface area contributed by atoms with Gasteiger partial charge in [0.05, 0.1) is 25.0 Å². The number of esters is 2. The first-order valence-electron chi connectivity index (χ1n) is 10.8. The lowest BCUT2D eigenvalue weighted by Crippen LogP contribution is -2.13. The molecule has 0 saturated heterocycles. The summed E-state index contributed by atoms with van der Waals surface area (Å²) >= 11 is 0. The fraction of sp³-hybridized carbons (Fsp3) is 0.652. The molecule has 170 valence electrons. The molecule has 0 aliphatic carbocycles. The number of halogens is 3. The van der Waals surface area contributed by atoms with Crippen LogP contribution in [0, 0.1) is 0 Å². The summed E-state index contributed by atoms with van der Waals surface area (Å²) in [6.07, 6.45) is 5.60. The van der Waals surface area contributed by atoms with Gasteiger partial charge in [-0.05, 0) is 12.5 Å². The van der Waals surface area contributed by atoms with E-state index in [-0.39, 0.29) is 18.4 Å². The summed E-state index contributed by atoms with van der Waals surface area (Å²) < 4.78 is 48.7. The van der Waals surface area contributed by atoms with Crippen molar-refractivity contribution in [3.8, 4) is 0 Å². The van der Waals surface area contributed by atoms with E-state index in [0.29, 0.717) is 6.61 Å². The van der Waals surface area contributed by atoms with E-state index in [0.717, 1.165) is 25.3 Å². The van der Waals surface area contributed by atoms with E-state index >= 15 is 0 Å². The Balaban J connectivity index is 2.10. The topological polar surface area (TPSA) is 52.6 Å². The number of hydrogen-bond donors (Lipinski definition) is 0. The average molecular weight is 431 g/mol. The van der Waals surface area contributed by atoms with Crippen molar-refractivity contribution in [2.24, 2.45) is 0 Å². The first-order valence-corrected chi connectivity index (χ1v) is 10.8. The van der Waals surface area contributed by atoms with Gasteiger partial charge in [0.25, 0.3) is 0 Å². The minimum absolute atomic E-state index is 0.119. The van der Waals surface area contributed by atoms with E-state index < -0.39 is 30.3 Å². The number of carbonyl (C=O) groups excluding carboxylic acids is 2. The van der Waals surface area contributed by atoms with Gasteiger partial charge in [0, 0.05) is 5.56 Å². The van der Waals surface area contributed by atoms with Crippen molar-refractivity contribution in [3.63, 3.8) is 0 Å². The Morgan fingerprint density at radius 3 is 1.93 bits per heavy atom. The van der Waals surface area contributed by atoms with Crippen molar-refractivity contribution >= 4 is 11.9 Å². The molecule has 0 saturated carbocycles. The van der Waals surface area contributed by atoms with Gasteiger partial charge in [0.1, 0.15) is 6.61 Å². The summed E-state index contributed by atoms with van der Waals surface area (Å²) in [5.74, 6) is -1.23. The number of alkyl halides is 3. The lowest BCUT2D eigenvalue weighted by molar-refractivity contribution is -0.152. The zero-order valence-electron chi connectivity index (χ0n) is 17.8. The number of ether oxygens (including phenoxy) is 2. The highest BCUT2D eigenvalue weighted by Crippen LogP contribution is 2.32. The quantitative estimate of drug-likeness (QED) is 0.232. The maximum absolute atomic E-state index is 12.9. The van der Waals surface area contributed by atoms with Crippen LogP contribution in [0.4, 0.5) is 13.2 Å². The third-order valence-corrected chi connectivity index (χ3v) is 4.76. The van der Waals surface area contributed by atoms with Crippen LogP contribution in [0.2, 0.25) is 0 Å². The van der Waals surface area contributed by atoms with Crippen molar-refractivity contribution in [2.75, 3.05) is 6.61 Å². The molecular weight excluding hydrogens is 397 g/mol. The molecule has 0 aliphatic rings. The molecule has 0 aliphatic heterocycles. The standard InChI is InChI=1S/C23H33F3O4/c1-2-3-4-5-6-7-8-9-12-17-29-21(27)15-16-22(28)30-18-19-13-10-11-14-20(19)23(24,25)26/h10-11,13-14H,2-9,12,15-18H2,1H3. The fourth-order valence-electron chi connectivity index (χ4n) is 3.03. The molecule has 30 heavy (non-hydrogen) atoms. The summed E-state index contributed by atoms with van der Waals surface area (Å²) in [7, 11) is 0. The minimum Gasteiger partial charge on any atom is -0.466 e. The number of hydrogen-bond acceptors (Lipinski definition) is 4. The van der Waals surface area contributed by atoms with Gasteiger partial charge >= 0.3 is 18.1 Å². The molecule has 7 heteroatoms. The van der Waals surface area contributed by atoms with Crippen molar-refractivity contribution in [2.45, 2.75) is 90.3 Å². The molecule has 0 amide bonds. The van der Waals surface area contributed by atoms with E-state index in [2.05, 4.69) is 6.92 Å². The molecule has 0 aromatic heterocycles. The summed E-state index contributed by atoms with van der Waals surface area (Å²) in [5, 5.41) is 0. The Hall–Kier alpha value is -2.05. The van der Waals surface area contributed by atoms with E-state index in [1.807, 2.05) is 0 Å². The second-order valence-corrected chi connectivity index (χ2v) is 7.36. The third-order valence-electron chi connectivity index (χ3n) is 4.76. The van der Waals surface area contributed by atoms with Crippen LogP contribution in [-0.2, 0) is 31.8 Å². The van der Waals surface area contributed by atoms with Crippen LogP contribution >= 0.6 is 0 Å². The van der Waals surface area contributed by atoms with Crippen molar-refractivity contribution in [3.05, 3.63) is 35.4 Å². The van der Waals surface area contributed by atoms with Crippen LogP contribution in [0.5, 0.6) is 0 Å². The first kappa shape index (κ1) is 26.0. The molecule has 4 nitrogen and oxygen atoms in total. The molecule has 0 fully saturated rings. The normalized spacial score (nSPS) is 11.3. The fourth-order valence-corrected chi connectivity index (χ4v) is 3.03. The second-order valence-electron chi connectivity index (χ2n) is 7.36. The van der Waals surface area contributed by atoms with Gasteiger partial charge in [0.2, 0.25) is 0 Å². The zero-order chi connectivity index (χ0) is 22.2. The predicted molar refractivity (Wildman–Crippen MR) is 109 cm³/mol. The molecule has 1 aromatic rings. The Labute approximate surface area is 177 Å². The lowest BCUT2D eigenvalue weighted by Gasteiger charge is -2.12. The van der Waals surface area contributed by atoms with Gasteiger partial charge in [-0.15, -0.1) is 0 Å². The number of unbranched alkanes of at least 4 members (excludes halogenated alkanes) is 8. The molecule has 1 rings (SSSR count). The van der Waals surface area contributed by atoms with Gasteiger partial charge in [-0.2, -0.15) is 13.2 Å². The zero-order valence-corrected chi connectivity index (χ0v) is 17.8. The lowest BCUT2D eigenvalue weighted by atomic mass is 10.1. The molecule has 0 unspecified atom stereocenters. The number of carbonyl (C=O) groups is 2. The summed E-state index contributed by atoms with van der Waals surface area (Å²) in [6, 6.07) is 4.92. The smallest absolute Gasteiger partial charge is 0.416 e. The van der Waals surface area contributed by atoms with Gasteiger partial charge in [0.15, 0.2) is 0 Å². The van der Waals surface area contributed by atoms with E-state index in [4.69, 9.17) is 9.47 Å². The van der Waals surface area contributed by atoms with Crippen LogP contribution in [0.3, 0.4) is 0 Å². The third kappa shape index (κ3) is 11.8. The number of benzene rings is 1. The highest BCUT2D eigenvalue weighted by molar-refractivity contribution is 5.77. The monoisotopic (exact) mass is 430 g/mol. The van der Waals surface area contributed by atoms with Crippen LogP contribution in [0.1, 0.15) is 88.7 Å². The van der Waals surface area contributed by atoms with E-state index in [1.54, 1.807) is 0 Å². The largest absolute Gasteiger partial charge is 0.466 e. The highest BCUT2D eigenvalue weighted by Gasteiger charge is 2.33. The highest BCUT2D eigenvalue weighted by atomic mass is 19.4. The molecule has 0 radical (unpaired) electrons. The molecule has 0 heterocycles. The second kappa shape index (κ2) is 14.9. The maximum Gasteiger partial charge on any atom is 0.416 e. The summed E-state index contributed by atoms with van der Waals surface area (Å²) in [5.41, 5.74) is -0.954. The Morgan fingerprint density at radius 2 is 1.33 bits per heavy atom. The Morgan fingerprint density at radius 1 is 0.800 bits per heavy atom. The number of rotatable bonds is 15.